The van der Waals surface area contributed by atoms with E-state index in [2.05, 4.69) is 5.32 Å². The van der Waals surface area contributed by atoms with Crippen molar-refractivity contribution in [2.75, 3.05) is 12.8 Å². The van der Waals surface area contributed by atoms with Crippen molar-refractivity contribution in [1.29, 1.82) is 0 Å². The first kappa shape index (κ1) is 14.4. The fourth-order valence-electron chi connectivity index (χ4n) is 1.40. The molecular formula is C13H21NO2S. The molecule has 0 heterocycles. The first-order valence-corrected chi connectivity index (χ1v) is 7.37. The average Bonchev–Trinajstić information content (AvgIpc) is 2.29. The Kier molecular flexibility index (Phi) is 5.82. The lowest BCUT2D eigenvalue weighted by molar-refractivity contribution is 0.123. The van der Waals surface area contributed by atoms with Gasteiger partial charge in [0.15, 0.2) is 0 Å². The van der Waals surface area contributed by atoms with E-state index in [1.165, 1.54) is 0 Å². The largest absolute Gasteiger partial charge is 0.392 e. The summed E-state index contributed by atoms with van der Waals surface area (Å²) in [6.45, 7) is 5.31. The molecule has 1 aromatic rings. The van der Waals surface area contributed by atoms with Crippen LogP contribution in [0.3, 0.4) is 0 Å². The summed E-state index contributed by atoms with van der Waals surface area (Å²) in [5.74, 6) is 0.271. The number of aliphatic hydroxyl groups is 1. The Morgan fingerprint density at radius 1 is 1.29 bits per heavy atom. The Labute approximate surface area is 106 Å². The van der Waals surface area contributed by atoms with Gasteiger partial charge in [-0.05, 0) is 23.6 Å². The van der Waals surface area contributed by atoms with Crippen molar-refractivity contribution in [2.45, 2.75) is 31.4 Å². The second kappa shape index (κ2) is 6.89. The molecule has 17 heavy (non-hydrogen) atoms. The van der Waals surface area contributed by atoms with E-state index in [0.29, 0.717) is 6.54 Å². The van der Waals surface area contributed by atoms with Crippen molar-refractivity contribution in [3.8, 4) is 0 Å². The van der Waals surface area contributed by atoms with Crippen LogP contribution in [0.1, 0.15) is 19.4 Å². The minimum Gasteiger partial charge on any atom is -0.392 e. The summed E-state index contributed by atoms with van der Waals surface area (Å²) in [5, 5.41) is 12.8. The first-order chi connectivity index (χ1) is 8.00. The van der Waals surface area contributed by atoms with Gasteiger partial charge < -0.3 is 10.4 Å². The lowest BCUT2D eigenvalue weighted by Crippen LogP contribution is -2.30. The molecule has 0 aromatic heterocycles. The van der Waals surface area contributed by atoms with Crippen molar-refractivity contribution in [2.24, 2.45) is 5.92 Å². The van der Waals surface area contributed by atoms with Crippen molar-refractivity contribution in [3.63, 3.8) is 0 Å². The summed E-state index contributed by atoms with van der Waals surface area (Å²) in [6.07, 6.45) is 1.36. The van der Waals surface area contributed by atoms with Gasteiger partial charge in [0.25, 0.3) is 0 Å². The van der Waals surface area contributed by atoms with Gasteiger partial charge >= 0.3 is 0 Å². The Balaban J connectivity index is 2.40. The summed E-state index contributed by atoms with van der Waals surface area (Å²) in [6, 6.07) is 7.69. The number of nitrogens with one attached hydrogen (secondary N) is 1. The topological polar surface area (TPSA) is 49.3 Å². The molecular weight excluding hydrogens is 234 g/mol. The maximum Gasteiger partial charge on any atom is 0.0687 e. The minimum atomic E-state index is -0.917. The van der Waals surface area contributed by atoms with Crippen LogP contribution in [0.2, 0.25) is 0 Å². The normalized spacial score (nSPS) is 14.9. The molecule has 2 unspecified atom stereocenters. The fourth-order valence-corrected chi connectivity index (χ4v) is 1.92. The maximum atomic E-state index is 11.2. The summed E-state index contributed by atoms with van der Waals surface area (Å²) in [7, 11) is -0.917. The van der Waals surface area contributed by atoms with Gasteiger partial charge in [0.2, 0.25) is 0 Å². The van der Waals surface area contributed by atoms with E-state index in [9.17, 15) is 9.32 Å². The van der Waals surface area contributed by atoms with Crippen LogP contribution in [-0.2, 0) is 17.3 Å². The van der Waals surface area contributed by atoms with Gasteiger partial charge in [0.1, 0.15) is 0 Å². The highest BCUT2D eigenvalue weighted by atomic mass is 32.2. The highest BCUT2D eigenvalue weighted by Gasteiger charge is 2.07. The molecule has 0 bridgehead atoms. The summed E-state index contributed by atoms with van der Waals surface area (Å²) in [5.41, 5.74) is 1.13. The van der Waals surface area contributed by atoms with Gasteiger partial charge in [-0.25, -0.2) is 0 Å². The smallest absolute Gasteiger partial charge is 0.0687 e. The van der Waals surface area contributed by atoms with Crippen LogP contribution in [-0.4, -0.2) is 28.2 Å². The van der Waals surface area contributed by atoms with E-state index in [4.69, 9.17) is 0 Å². The monoisotopic (exact) mass is 255 g/mol. The summed E-state index contributed by atoms with van der Waals surface area (Å²) >= 11 is 0. The second-order valence-corrected chi connectivity index (χ2v) is 5.92. The molecule has 2 N–H and O–H groups in total. The molecule has 4 heteroatoms. The first-order valence-electron chi connectivity index (χ1n) is 5.82. The molecule has 0 spiro atoms. The zero-order valence-corrected chi connectivity index (χ0v) is 11.5. The fraction of sp³-hybridized carbons (Fsp3) is 0.538. The molecule has 0 aliphatic carbocycles. The predicted molar refractivity (Wildman–Crippen MR) is 71.3 cm³/mol. The van der Waals surface area contributed by atoms with Gasteiger partial charge in [-0.1, -0.05) is 26.0 Å². The summed E-state index contributed by atoms with van der Waals surface area (Å²) < 4.78 is 11.2. The van der Waals surface area contributed by atoms with Crippen LogP contribution in [0, 0.1) is 5.92 Å². The van der Waals surface area contributed by atoms with Crippen LogP contribution in [0.25, 0.3) is 0 Å². The third-order valence-corrected chi connectivity index (χ3v) is 3.64. The van der Waals surface area contributed by atoms with Crippen molar-refractivity contribution in [3.05, 3.63) is 29.8 Å². The number of aliphatic hydroxyl groups excluding tert-OH is 1. The Bertz CT molecular complexity index is 362. The molecule has 1 aromatic carbocycles. The third kappa shape index (κ3) is 4.98. The second-order valence-electron chi connectivity index (χ2n) is 4.54. The third-order valence-electron chi connectivity index (χ3n) is 2.71. The van der Waals surface area contributed by atoms with Gasteiger partial charge in [0, 0.05) is 35.0 Å². The predicted octanol–water partition coefficient (Wildman–Crippen LogP) is 1.53. The molecule has 1 rings (SSSR count). The van der Waals surface area contributed by atoms with Gasteiger partial charge in [-0.15, -0.1) is 0 Å². The van der Waals surface area contributed by atoms with Crippen LogP contribution < -0.4 is 5.32 Å². The SMILES string of the molecule is CC(C)C(O)CNCc1ccc(S(C)=O)cc1. The quantitative estimate of drug-likeness (QED) is 0.810. The maximum absolute atomic E-state index is 11.2. The lowest BCUT2D eigenvalue weighted by Gasteiger charge is -2.15. The van der Waals surface area contributed by atoms with Crippen LogP contribution in [0.5, 0.6) is 0 Å². The minimum absolute atomic E-state index is 0.271. The van der Waals surface area contributed by atoms with E-state index >= 15 is 0 Å². The van der Waals surface area contributed by atoms with E-state index in [-0.39, 0.29) is 12.0 Å². The number of hydrogen-bond acceptors (Lipinski definition) is 3. The standard InChI is InChI=1S/C13H21NO2S/c1-10(2)13(15)9-14-8-11-4-6-12(7-5-11)17(3)16/h4-7,10,13-15H,8-9H2,1-3H3. The van der Waals surface area contributed by atoms with Gasteiger partial charge in [0.05, 0.1) is 6.10 Å². The molecule has 0 aliphatic heterocycles. The van der Waals surface area contributed by atoms with Gasteiger partial charge in [-0.2, -0.15) is 0 Å². The Morgan fingerprint density at radius 3 is 2.35 bits per heavy atom. The summed E-state index contributed by atoms with van der Waals surface area (Å²) in [4.78, 5) is 0.843. The van der Waals surface area contributed by atoms with E-state index in [1.807, 2.05) is 38.1 Å². The van der Waals surface area contributed by atoms with Crippen LogP contribution in [0.15, 0.2) is 29.2 Å². The average molecular weight is 255 g/mol. The van der Waals surface area contributed by atoms with Gasteiger partial charge in [-0.3, -0.25) is 4.21 Å². The van der Waals surface area contributed by atoms with Crippen LogP contribution >= 0.6 is 0 Å². The zero-order valence-electron chi connectivity index (χ0n) is 10.6. The number of benzene rings is 1. The van der Waals surface area contributed by atoms with Crippen molar-refractivity contribution >= 4 is 10.8 Å². The molecule has 3 nitrogen and oxygen atoms in total. The Hall–Kier alpha value is -0.710. The molecule has 0 radical (unpaired) electrons. The Morgan fingerprint density at radius 2 is 1.88 bits per heavy atom. The van der Waals surface area contributed by atoms with E-state index in [1.54, 1.807) is 6.26 Å². The molecule has 0 saturated carbocycles. The molecule has 0 aliphatic rings. The molecule has 0 saturated heterocycles. The van der Waals surface area contributed by atoms with Crippen molar-refractivity contribution < 1.29 is 9.32 Å². The molecule has 96 valence electrons. The van der Waals surface area contributed by atoms with E-state index < -0.39 is 10.8 Å². The molecule has 0 fully saturated rings. The zero-order chi connectivity index (χ0) is 12.8. The van der Waals surface area contributed by atoms with Crippen molar-refractivity contribution in [1.82, 2.24) is 5.32 Å². The highest BCUT2D eigenvalue weighted by Crippen LogP contribution is 2.07. The lowest BCUT2D eigenvalue weighted by atomic mass is 10.1. The highest BCUT2D eigenvalue weighted by molar-refractivity contribution is 7.84. The van der Waals surface area contributed by atoms with Crippen LogP contribution in [0.4, 0.5) is 0 Å². The van der Waals surface area contributed by atoms with E-state index in [0.717, 1.165) is 17.0 Å². The molecule has 2 atom stereocenters. The molecule has 0 amide bonds. The number of rotatable bonds is 6. The number of hydrogen-bond donors (Lipinski definition) is 2.